The van der Waals surface area contributed by atoms with Crippen LogP contribution in [0.2, 0.25) is 0 Å². The Bertz CT molecular complexity index is 1070. The maximum Gasteiger partial charge on any atom is 0.259 e. The van der Waals surface area contributed by atoms with E-state index in [-0.39, 0.29) is 16.7 Å². The number of carbonyl (C=O) groups excluding carboxylic acids is 1. The lowest BCUT2D eigenvalue weighted by atomic mass is 10.0. The number of hydrogen-bond acceptors (Lipinski definition) is 3. The van der Waals surface area contributed by atoms with Crippen LogP contribution in [0.25, 0.3) is 4.85 Å². The standard InChI is InChI=1S/C22H21F2N3O2S/c1-12(2)29-19-16(23)10-15(11-17(19)24)27-21(30)26(20(28)22(27,4)5)14-7-8-18(25-6)13(3)9-14/h7-12H,1-5H3. The van der Waals surface area contributed by atoms with Crippen LogP contribution in [0.3, 0.4) is 0 Å². The monoisotopic (exact) mass is 429 g/mol. The number of carbonyl (C=O) groups is 1. The Hall–Kier alpha value is -3.05. The summed E-state index contributed by atoms with van der Waals surface area (Å²) in [6.45, 7) is 15.6. The van der Waals surface area contributed by atoms with Crippen LogP contribution in [0, 0.1) is 25.1 Å². The second-order valence-electron chi connectivity index (χ2n) is 7.81. The molecule has 1 aliphatic rings. The van der Waals surface area contributed by atoms with Gasteiger partial charge in [-0.05, 0) is 64.5 Å². The van der Waals surface area contributed by atoms with E-state index in [0.29, 0.717) is 16.9 Å². The van der Waals surface area contributed by atoms with Gasteiger partial charge >= 0.3 is 0 Å². The highest BCUT2D eigenvalue weighted by molar-refractivity contribution is 7.81. The van der Waals surface area contributed by atoms with Crippen LogP contribution in [0.5, 0.6) is 5.75 Å². The van der Waals surface area contributed by atoms with Gasteiger partial charge in [-0.1, -0.05) is 6.07 Å². The summed E-state index contributed by atoms with van der Waals surface area (Å²) < 4.78 is 34.4. The van der Waals surface area contributed by atoms with Crippen molar-refractivity contribution in [1.82, 2.24) is 0 Å². The molecule has 1 saturated heterocycles. The molecule has 0 aromatic heterocycles. The minimum absolute atomic E-state index is 0.0938. The Morgan fingerprint density at radius 2 is 1.73 bits per heavy atom. The van der Waals surface area contributed by atoms with Gasteiger partial charge in [0.25, 0.3) is 5.91 Å². The number of anilines is 2. The number of thiocarbonyl (C=S) groups is 1. The molecule has 0 atom stereocenters. The smallest absolute Gasteiger partial charge is 0.259 e. The number of rotatable bonds is 4. The topological polar surface area (TPSA) is 37.1 Å². The van der Waals surface area contributed by atoms with Crippen LogP contribution in [0.15, 0.2) is 30.3 Å². The molecule has 1 aliphatic heterocycles. The second kappa shape index (κ2) is 7.65. The fourth-order valence-electron chi connectivity index (χ4n) is 3.38. The predicted molar refractivity (Wildman–Crippen MR) is 116 cm³/mol. The normalized spacial score (nSPS) is 15.7. The summed E-state index contributed by atoms with van der Waals surface area (Å²) >= 11 is 5.54. The zero-order chi connectivity index (χ0) is 22.4. The van der Waals surface area contributed by atoms with E-state index < -0.39 is 29.0 Å². The van der Waals surface area contributed by atoms with Crippen molar-refractivity contribution in [3.8, 4) is 5.75 Å². The van der Waals surface area contributed by atoms with E-state index in [9.17, 15) is 13.6 Å². The van der Waals surface area contributed by atoms with Crippen molar-refractivity contribution in [1.29, 1.82) is 0 Å². The third-order valence-electron chi connectivity index (χ3n) is 4.82. The molecule has 0 unspecified atom stereocenters. The summed E-state index contributed by atoms with van der Waals surface area (Å²) in [5.41, 5.74) is 0.592. The van der Waals surface area contributed by atoms with Crippen molar-refractivity contribution in [2.45, 2.75) is 46.3 Å². The summed E-state index contributed by atoms with van der Waals surface area (Å²) in [4.78, 5) is 19.4. The third kappa shape index (κ3) is 3.50. The molecule has 0 N–H and O–H groups in total. The molecule has 0 aliphatic carbocycles. The molecule has 5 nitrogen and oxygen atoms in total. The maximum atomic E-state index is 14.6. The van der Waals surface area contributed by atoms with E-state index in [4.69, 9.17) is 23.5 Å². The highest BCUT2D eigenvalue weighted by Gasteiger charge is 2.50. The number of amides is 1. The number of ether oxygens (including phenoxy) is 1. The van der Waals surface area contributed by atoms with Crippen molar-refractivity contribution >= 4 is 40.3 Å². The lowest BCUT2D eigenvalue weighted by molar-refractivity contribution is -0.120. The SMILES string of the molecule is [C-]#[N+]c1ccc(N2C(=O)C(C)(C)N(c3cc(F)c(OC(C)C)c(F)c3)C2=S)cc1C. The molecule has 1 fully saturated rings. The van der Waals surface area contributed by atoms with E-state index in [2.05, 4.69) is 4.85 Å². The third-order valence-corrected chi connectivity index (χ3v) is 5.19. The molecular formula is C22H21F2N3O2S. The van der Waals surface area contributed by atoms with Gasteiger partial charge in [-0.15, -0.1) is 0 Å². The van der Waals surface area contributed by atoms with Crippen molar-refractivity contribution in [3.63, 3.8) is 0 Å². The Morgan fingerprint density at radius 3 is 2.23 bits per heavy atom. The van der Waals surface area contributed by atoms with Crippen molar-refractivity contribution in [2.75, 3.05) is 9.80 Å². The molecule has 2 aromatic rings. The van der Waals surface area contributed by atoms with Gasteiger partial charge in [0, 0.05) is 17.8 Å². The van der Waals surface area contributed by atoms with Crippen molar-refractivity contribution in [2.24, 2.45) is 0 Å². The van der Waals surface area contributed by atoms with Crippen LogP contribution in [0.4, 0.5) is 25.8 Å². The van der Waals surface area contributed by atoms with Crippen LogP contribution >= 0.6 is 12.2 Å². The number of aryl methyl sites for hydroxylation is 1. The molecule has 0 spiro atoms. The van der Waals surface area contributed by atoms with E-state index in [1.165, 1.54) is 9.80 Å². The Labute approximate surface area is 179 Å². The number of nitrogens with zero attached hydrogens (tertiary/aromatic N) is 3. The van der Waals surface area contributed by atoms with Crippen LogP contribution < -0.4 is 14.5 Å². The summed E-state index contributed by atoms with van der Waals surface area (Å²) in [6.07, 6.45) is -0.400. The molecule has 30 heavy (non-hydrogen) atoms. The first kappa shape index (κ1) is 21.7. The lowest BCUT2D eigenvalue weighted by Gasteiger charge is -2.29. The minimum Gasteiger partial charge on any atom is -0.485 e. The Morgan fingerprint density at radius 1 is 1.13 bits per heavy atom. The van der Waals surface area contributed by atoms with Gasteiger partial charge in [0.15, 0.2) is 28.2 Å². The maximum absolute atomic E-state index is 14.6. The first-order valence-electron chi connectivity index (χ1n) is 9.31. The van der Waals surface area contributed by atoms with Crippen molar-refractivity contribution < 1.29 is 18.3 Å². The molecule has 0 radical (unpaired) electrons. The van der Waals surface area contributed by atoms with Gasteiger partial charge in [0.2, 0.25) is 0 Å². The first-order valence-corrected chi connectivity index (χ1v) is 9.72. The highest BCUT2D eigenvalue weighted by Crippen LogP contribution is 2.39. The largest absolute Gasteiger partial charge is 0.485 e. The summed E-state index contributed by atoms with van der Waals surface area (Å²) in [6, 6.07) is 7.15. The second-order valence-corrected chi connectivity index (χ2v) is 8.17. The summed E-state index contributed by atoms with van der Waals surface area (Å²) in [5, 5.41) is 0.0938. The zero-order valence-electron chi connectivity index (χ0n) is 17.3. The average molecular weight is 429 g/mol. The van der Waals surface area contributed by atoms with Crippen LogP contribution in [0.1, 0.15) is 33.3 Å². The highest BCUT2D eigenvalue weighted by atomic mass is 32.1. The zero-order valence-corrected chi connectivity index (χ0v) is 18.1. The van der Waals surface area contributed by atoms with Crippen LogP contribution in [-0.4, -0.2) is 22.7 Å². The molecule has 0 saturated carbocycles. The van der Waals surface area contributed by atoms with Crippen molar-refractivity contribution in [3.05, 3.63) is 58.9 Å². The number of benzene rings is 2. The number of halogens is 2. The van der Waals surface area contributed by atoms with Crippen LogP contribution in [-0.2, 0) is 4.79 Å². The molecular weight excluding hydrogens is 408 g/mol. The van der Waals surface area contributed by atoms with E-state index in [0.717, 1.165) is 12.1 Å². The fraction of sp³-hybridized carbons (Fsp3) is 0.318. The van der Waals surface area contributed by atoms with E-state index in [1.807, 2.05) is 0 Å². The quantitative estimate of drug-likeness (QED) is 0.473. The molecule has 8 heteroatoms. The molecule has 1 amide bonds. The van der Waals surface area contributed by atoms with Gasteiger partial charge < -0.3 is 9.64 Å². The van der Waals surface area contributed by atoms with Gasteiger partial charge in [-0.3, -0.25) is 9.69 Å². The van der Waals surface area contributed by atoms with Gasteiger partial charge in [0.1, 0.15) is 5.54 Å². The van der Waals surface area contributed by atoms with Gasteiger partial charge in [-0.2, -0.15) is 0 Å². The summed E-state index contributed by atoms with van der Waals surface area (Å²) in [7, 11) is 0. The molecule has 3 rings (SSSR count). The fourth-order valence-corrected chi connectivity index (χ4v) is 3.91. The molecule has 2 aromatic carbocycles. The number of hydrogen-bond donors (Lipinski definition) is 0. The molecule has 0 bridgehead atoms. The Balaban J connectivity index is 2.07. The van der Waals surface area contributed by atoms with Gasteiger partial charge in [0.05, 0.1) is 18.4 Å². The minimum atomic E-state index is -1.18. The Kier molecular flexibility index (Phi) is 5.52. The lowest BCUT2D eigenvalue weighted by Crippen LogP contribution is -2.44. The van der Waals surface area contributed by atoms with E-state index in [1.54, 1.807) is 52.8 Å². The first-order chi connectivity index (χ1) is 14.0. The van der Waals surface area contributed by atoms with Gasteiger partial charge in [-0.25, -0.2) is 13.6 Å². The molecule has 1 heterocycles. The predicted octanol–water partition coefficient (Wildman–Crippen LogP) is 5.53. The van der Waals surface area contributed by atoms with E-state index >= 15 is 0 Å². The average Bonchev–Trinajstić information content (AvgIpc) is 2.82. The summed E-state index contributed by atoms with van der Waals surface area (Å²) in [5.74, 6) is -2.56. The molecule has 156 valence electrons.